The summed E-state index contributed by atoms with van der Waals surface area (Å²) in [5, 5.41) is 8.00. The number of hydrogen-bond acceptors (Lipinski definition) is 14. The van der Waals surface area contributed by atoms with Crippen molar-refractivity contribution in [1.29, 1.82) is 0 Å². The van der Waals surface area contributed by atoms with Gasteiger partial charge in [-0.3, -0.25) is 57.5 Å². The number of carbonyl (C=O) groups excluding carboxylic acids is 12. The van der Waals surface area contributed by atoms with Crippen LogP contribution in [0.3, 0.4) is 0 Å². The quantitative estimate of drug-likeness (QED) is 0.125. The van der Waals surface area contributed by atoms with E-state index in [-0.39, 0.29) is 102 Å². The van der Waals surface area contributed by atoms with E-state index in [0.717, 1.165) is 64.2 Å². The highest BCUT2D eigenvalue weighted by Gasteiger charge is 2.54. The summed E-state index contributed by atoms with van der Waals surface area (Å²) >= 11 is 6.70. The van der Waals surface area contributed by atoms with Crippen molar-refractivity contribution in [1.82, 2.24) is 60.0 Å². The maximum atomic E-state index is 15.7. The predicted octanol–water partition coefficient (Wildman–Crippen LogP) is 5.99. The fourth-order valence-corrected chi connectivity index (χ4v) is 18.7. The number of ether oxygens (including phenoxy) is 2. The summed E-state index contributed by atoms with van der Waals surface area (Å²) < 4.78 is 40.7. The van der Waals surface area contributed by atoms with Crippen LogP contribution >= 0.6 is 11.6 Å². The van der Waals surface area contributed by atoms with E-state index in [1.165, 1.54) is 108 Å². The summed E-state index contributed by atoms with van der Waals surface area (Å²) in [6, 6.07) is -9.86. The van der Waals surface area contributed by atoms with E-state index in [1.54, 1.807) is 13.8 Å². The third kappa shape index (κ3) is 20.9. The summed E-state index contributed by atoms with van der Waals surface area (Å²) in [6.07, 6.45) is 10.7. The van der Waals surface area contributed by atoms with Gasteiger partial charge in [-0.2, -0.15) is 0 Å². The normalized spacial score (nSPS) is 32.8. The van der Waals surface area contributed by atoms with Crippen molar-refractivity contribution < 1.29 is 75.8 Å². The fraction of sp³-hybridized carbons (Fsp3) is 0.821. The van der Waals surface area contributed by atoms with Crippen molar-refractivity contribution >= 4 is 82.5 Å². The monoisotopic (exact) mass is 1530 g/mol. The van der Waals surface area contributed by atoms with Gasteiger partial charge in [0.15, 0.2) is 0 Å². The van der Waals surface area contributed by atoms with Gasteiger partial charge in [-0.25, -0.2) is 8.78 Å². The topological polar surface area (TPSA) is 289 Å². The summed E-state index contributed by atoms with van der Waals surface area (Å²) in [6.45, 7) is 6.68. The third-order valence-corrected chi connectivity index (χ3v) is 25.8. The van der Waals surface area contributed by atoms with Gasteiger partial charge in [0.05, 0.1) is 37.6 Å². The lowest BCUT2D eigenvalue weighted by molar-refractivity contribution is -0.158. The summed E-state index contributed by atoms with van der Waals surface area (Å²) in [5.74, 6) is -9.47. The van der Waals surface area contributed by atoms with E-state index in [2.05, 4.69) is 22.9 Å². The van der Waals surface area contributed by atoms with Crippen molar-refractivity contribution in [2.75, 3.05) is 96.3 Å². The van der Waals surface area contributed by atoms with Gasteiger partial charge >= 0.3 is 0 Å². The van der Waals surface area contributed by atoms with Crippen LogP contribution < -0.4 is 16.0 Å². The molecule has 107 heavy (non-hydrogen) atoms. The highest BCUT2D eigenvalue weighted by molar-refractivity contribution is 6.21. The van der Waals surface area contributed by atoms with Crippen LogP contribution in [0.25, 0.3) is 0 Å². The Labute approximate surface area is 637 Å². The van der Waals surface area contributed by atoms with Crippen LogP contribution in [0.2, 0.25) is 0 Å². The number of fused-ring (bicyclic) bond motifs is 3. The number of rotatable bonds is 15. The Hall–Kier alpha value is -6.55. The summed E-state index contributed by atoms with van der Waals surface area (Å²) in [7, 11) is 13.1. The van der Waals surface area contributed by atoms with Crippen LogP contribution in [0.15, 0.2) is 12.2 Å². The van der Waals surface area contributed by atoms with Gasteiger partial charge < -0.3 is 69.5 Å². The number of halogens is 3. The number of nitrogens with one attached hydrogen (secondary N) is 3. The van der Waals surface area contributed by atoms with Gasteiger partial charge in [0.25, 0.3) is 0 Å². The third-order valence-electron chi connectivity index (χ3n) is 25.4. The fourth-order valence-electron chi connectivity index (χ4n) is 18.2. The Kier molecular flexibility index (Phi) is 31.3. The van der Waals surface area contributed by atoms with E-state index in [1.807, 2.05) is 19.1 Å². The molecular formula is C78H125ClF2N12O14. The zero-order chi connectivity index (χ0) is 78.5. The van der Waals surface area contributed by atoms with Crippen molar-refractivity contribution in [3.8, 4) is 0 Å². The molecule has 26 nitrogen and oxygen atoms in total. The molecule has 14 atom stereocenters. The zero-order valence-corrected chi connectivity index (χ0v) is 66.7. The van der Waals surface area contributed by atoms with Crippen molar-refractivity contribution in [3.05, 3.63) is 12.2 Å². The highest BCUT2D eigenvalue weighted by atomic mass is 35.5. The molecule has 7 fully saturated rings. The second-order valence-electron chi connectivity index (χ2n) is 32.9. The van der Waals surface area contributed by atoms with Crippen molar-refractivity contribution in [2.45, 2.75) is 273 Å². The molecule has 8 rings (SSSR count). The van der Waals surface area contributed by atoms with Crippen LogP contribution in [0.4, 0.5) is 8.78 Å². The first-order valence-corrected chi connectivity index (χ1v) is 40.2. The number of methoxy groups -OCH3 is 1. The van der Waals surface area contributed by atoms with Gasteiger partial charge in [-0.15, -0.1) is 11.6 Å². The molecule has 8 aliphatic rings. The molecule has 4 unspecified atom stereocenters. The Balaban J connectivity index is 1.20. The van der Waals surface area contributed by atoms with Crippen LogP contribution in [0, 0.1) is 41.4 Å². The van der Waals surface area contributed by atoms with E-state index in [4.69, 9.17) is 21.1 Å². The number of alkyl halides is 3. The predicted molar refractivity (Wildman–Crippen MR) is 398 cm³/mol. The lowest BCUT2D eigenvalue weighted by atomic mass is 9.74. The smallest absolute Gasteiger partial charge is 0.248 e. The molecule has 2 saturated heterocycles. The number of carbonyl (C=O) groups is 12. The van der Waals surface area contributed by atoms with Gasteiger partial charge in [-0.05, 0) is 126 Å². The Morgan fingerprint density at radius 3 is 1.91 bits per heavy atom. The summed E-state index contributed by atoms with van der Waals surface area (Å²) in [5.41, 5.74) is -1.56. The maximum absolute atomic E-state index is 15.7. The molecule has 0 aromatic rings. The Morgan fingerprint density at radius 2 is 1.30 bits per heavy atom. The minimum Gasteiger partial charge on any atom is -0.381 e. The first-order chi connectivity index (χ1) is 50.8. The molecule has 1 spiro atoms. The highest BCUT2D eigenvalue weighted by Crippen LogP contribution is 2.42. The molecule has 0 radical (unpaired) electrons. The van der Waals surface area contributed by atoms with E-state index in [0.29, 0.717) is 38.0 Å². The average Bonchev–Trinajstić information content (AvgIpc) is 1.55. The zero-order valence-electron chi connectivity index (χ0n) is 65.9. The SMILES string of the molecule is CCO[C@@H]1C[C@H]2C(=O)NC3(CCC3)C(=O)N(C)[C@@H](C3CCCC3)C(=O)N(C)[C@H](C(=O)N(C)C)CC(=O)N(C)[C@@H](CC3CCCC3)C(=O)N[C@@H]([C@@H](C)CC)C(=O)N(C)CC(=O)N(C)[C@H]3C/C=C\CCN(C3=O)[C@@H](CC3CCC(C)CC3)C(=O)N(C)CC(=O)N[C@@H](CCC3CC(Cl)C(C(F)F)C(OC)C3)C(=O)N2C1. The largest absolute Gasteiger partial charge is 0.381 e. The van der Waals surface area contributed by atoms with Gasteiger partial charge in [0, 0.05) is 95.0 Å². The van der Waals surface area contributed by atoms with Gasteiger partial charge in [0.1, 0.15) is 53.9 Å². The molecular weight excluding hydrogens is 1400 g/mol. The number of nitrogens with zero attached hydrogens (tertiary/aromatic N) is 9. The molecule has 2 bridgehead atoms. The number of amides is 12. The Morgan fingerprint density at radius 1 is 0.664 bits per heavy atom. The Bertz CT molecular complexity index is 3160. The van der Waals surface area contributed by atoms with Crippen molar-refractivity contribution in [2.24, 2.45) is 41.4 Å². The maximum Gasteiger partial charge on any atom is 0.248 e. The van der Waals surface area contributed by atoms with Crippen LogP contribution in [0.1, 0.15) is 195 Å². The lowest BCUT2D eigenvalue weighted by Gasteiger charge is -2.46. The molecule has 3 aliphatic heterocycles. The minimum atomic E-state index is -2.76. The molecule has 5 saturated carbocycles. The standard InChI is InChI=1S/C78H125ClF2N12O14/c1-14-48(4)66-75(103)87(8)46-64(96)88(9)56-28-17-16-22-37-92(74(56)102)60(40-50-31-29-47(3)30-32-50)73(101)86(7)45-62(94)82-55(34-33-51-38-54(79)65(68(80)81)61(41-51)106-13)71(99)93-44-53(107-15-2)42-58(93)70(98)84-78(35-23-36-78)77(105)91(12)67(52-26-20-21-27-52)76(104)90(11)59(72(100)85(5)6)43-63(95)89(10)57(69(97)83-66)39-49-24-18-19-25-49/h16-17,47-61,65-68H,14-15,18-46H2,1-13H3,(H,82,94)(H,83,97)(H,84,98)/b17-16-/t47?,48-,50?,51?,53+,54?,55-,56-,57-,58-,59-,60-,61?,65?,66-,67-/m0/s1. The van der Waals surface area contributed by atoms with Crippen LogP contribution in [-0.2, 0) is 67.0 Å². The van der Waals surface area contributed by atoms with Crippen LogP contribution in [-0.4, -0.2) is 289 Å². The molecule has 3 N–H and O–H groups in total. The molecule has 12 amide bonds. The van der Waals surface area contributed by atoms with Gasteiger partial charge in [-0.1, -0.05) is 104 Å². The van der Waals surface area contributed by atoms with Crippen molar-refractivity contribution in [3.63, 3.8) is 0 Å². The number of hydrogen-bond donors (Lipinski definition) is 3. The van der Waals surface area contributed by atoms with E-state index >= 15 is 38.4 Å². The minimum absolute atomic E-state index is 0.00782. The average molecular weight is 1530 g/mol. The summed E-state index contributed by atoms with van der Waals surface area (Å²) in [4.78, 5) is 195. The molecule has 0 aromatic heterocycles. The molecule has 5 aliphatic carbocycles. The molecule has 29 heteroatoms. The van der Waals surface area contributed by atoms with Crippen LogP contribution in [0.5, 0.6) is 0 Å². The molecule has 3 heterocycles. The van der Waals surface area contributed by atoms with E-state index < -0.39 is 186 Å². The van der Waals surface area contributed by atoms with E-state index in [9.17, 15) is 28.0 Å². The first-order valence-electron chi connectivity index (χ1n) is 39.8. The molecule has 0 aromatic carbocycles. The molecule has 602 valence electrons. The number of likely N-dealkylation sites (N-methyl/N-ethyl adjacent to an activating group) is 7. The first kappa shape index (κ1) is 86.0. The van der Waals surface area contributed by atoms with Gasteiger partial charge in [0.2, 0.25) is 77.3 Å². The second-order valence-corrected chi connectivity index (χ2v) is 33.4. The lowest BCUT2D eigenvalue weighted by Crippen LogP contribution is -2.68. The second kappa shape index (κ2) is 38.9.